The van der Waals surface area contributed by atoms with Crippen LogP contribution in [0.1, 0.15) is 38.2 Å². The molecule has 0 aromatic heterocycles. The number of benzene rings is 1. The van der Waals surface area contributed by atoms with E-state index in [1.807, 2.05) is 6.92 Å². The fourth-order valence-corrected chi connectivity index (χ4v) is 2.70. The third-order valence-electron chi connectivity index (χ3n) is 3.89. The first-order chi connectivity index (χ1) is 10.3. The Labute approximate surface area is 127 Å². The largest absolute Gasteiger partial charge is 0.372 e. The van der Waals surface area contributed by atoms with Crippen molar-refractivity contribution in [2.75, 3.05) is 31.1 Å². The van der Waals surface area contributed by atoms with Crippen LogP contribution in [0, 0.1) is 0 Å². The Hall–Kier alpha value is -1.55. The molecule has 1 aromatic carbocycles. The maximum atomic E-state index is 11.3. The predicted molar refractivity (Wildman–Crippen MR) is 87.5 cm³/mol. The zero-order valence-electron chi connectivity index (χ0n) is 13.0. The molecule has 116 valence electrons. The predicted octanol–water partition coefficient (Wildman–Crippen LogP) is 2.29. The summed E-state index contributed by atoms with van der Waals surface area (Å²) >= 11 is 0. The lowest BCUT2D eigenvalue weighted by molar-refractivity contribution is -0.120. The van der Waals surface area contributed by atoms with Gasteiger partial charge in [-0.25, -0.2) is 0 Å². The van der Waals surface area contributed by atoms with Crippen LogP contribution in [0.3, 0.4) is 0 Å². The molecule has 0 atom stereocenters. The van der Waals surface area contributed by atoms with Gasteiger partial charge in [0.15, 0.2) is 0 Å². The Morgan fingerprint density at radius 2 is 1.86 bits per heavy atom. The molecule has 1 aliphatic heterocycles. The summed E-state index contributed by atoms with van der Waals surface area (Å²) in [5, 5.41) is 6.12. The Bertz CT molecular complexity index is 424. The van der Waals surface area contributed by atoms with Gasteiger partial charge in [-0.2, -0.15) is 0 Å². The highest BCUT2D eigenvalue weighted by Gasteiger charge is 2.10. The summed E-state index contributed by atoms with van der Waals surface area (Å²) in [5.41, 5.74) is 2.60. The minimum Gasteiger partial charge on any atom is -0.372 e. The second-order valence-electron chi connectivity index (χ2n) is 5.59. The number of nitrogens with zero attached hydrogens (tertiary/aromatic N) is 1. The highest BCUT2D eigenvalue weighted by atomic mass is 16.1. The molecule has 21 heavy (non-hydrogen) atoms. The number of carbonyl (C=O) groups is 1. The van der Waals surface area contributed by atoms with Gasteiger partial charge in [-0.1, -0.05) is 12.1 Å². The molecule has 1 aromatic rings. The average molecular weight is 289 g/mol. The van der Waals surface area contributed by atoms with Crippen LogP contribution in [0.2, 0.25) is 0 Å². The van der Waals surface area contributed by atoms with Gasteiger partial charge >= 0.3 is 0 Å². The number of amides is 1. The van der Waals surface area contributed by atoms with E-state index in [4.69, 9.17) is 0 Å². The SMILES string of the molecule is CCNC(=O)CCNCc1ccc(N2CCCCC2)cc1. The molecule has 0 unspecified atom stereocenters. The van der Waals surface area contributed by atoms with E-state index in [2.05, 4.69) is 39.8 Å². The first-order valence-corrected chi connectivity index (χ1v) is 8.11. The summed E-state index contributed by atoms with van der Waals surface area (Å²) in [6, 6.07) is 8.80. The van der Waals surface area contributed by atoms with Gasteiger partial charge in [-0.15, -0.1) is 0 Å². The van der Waals surface area contributed by atoms with Crippen molar-refractivity contribution in [3.05, 3.63) is 29.8 Å². The molecule has 2 N–H and O–H groups in total. The molecule has 2 rings (SSSR count). The van der Waals surface area contributed by atoms with Crippen LogP contribution in [-0.4, -0.2) is 32.1 Å². The van der Waals surface area contributed by atoms with Crippen LogP contribution in [0.15, 0.2) is 24.3 Å². The van der Waals surface area contributed by atoms with Crippen LogP contribution < -0.4 is 15.5 Å². The third kappa shape index (κ3) is 5.38. The van der Waals surface area contributed by atoms with E-state index in [-0.39, 0.29) is 5.91 Å². The molecular weight excluding hydrogens is 262 g/mol. The summed E-state index contributed by atoms with van der Waals surface area (Å²) in [6.45, 7) is 6.56. The van der Waals surface area contributed by atoms with Crippen LogP contribution in [0.5, 0.6) is 0 Å². The van der Waals surface area contributed by atoms with Crippen LogP contribution >= 0.6 is 0 Å². The molecule has 1 heterocycles. The highest BCUT2D eigenvalue weighted by molar-refractivity contribution is 5.75. The number of rotatable bonds is 7. The van der Waals surface area contributed by atoms with Gasteiger partial charge in [0.05, 0.1) is 0 Å². The average Bonchev–Trinajstić information content (AvgIpc) is 2.53. The maximum absolute atomic E-state index is 11.3. The van der Waals surface area contributed by atoms with E-state index in [9.17, 15) is 4.79 Å². The monoisotopic (exact) mass is 289 g/mol. The summed E-state index contributed by atoms with van der Waals surface area (Å²) in [5.74, 6) is 0.116. The Morgan fingerprint density at radius 1 is 1.14 bits per heavy atom. The normalized spacial score (nSPS) is 15.0. The number of carbonyl (C=O) groups excluding carboxylic acids is 1. The van der Waals surface area contributed by atoms with Crippen molar-refractivity contribution in [2.45, 2.75) is 39.2 Å². The molecule has 0 saturated carbocycles. The van der Waals surface area contributed by atoms with Crippen LogP contribution in [0.25, 0.3) is 0 Å². The Balaban J connectivity index is 1.71. The van der Waals surface area contributed by atoms with Crippen molar-refractivity contribution in [3.8, 4) is 0 Å². The molecule has 0 radical (unpaired) electrons. The molecule has 0 bridgehead atoms. The van der Waals surface area contributed by atoms with Gasteiger partial charge < -0.3 is 15.5 Å². The Morgan fingerprint density at radius 3 is 2.52 bits per heavy atom. The third-order valence-corrected chi connectivity index (χ3v) is 3.89. The number of hydrogen-bond acceptors (Lipinski definition) is 3. The Kier molecular flexibility index (Phi) is 6.54. The first-order valence-electron chi connectivity index (χ1n) is 8.11. The van der Waals surface area contributed by atoms with Gasteiger partial charge in [-0.05, 0) is 43.9 Å². The second kappa shape index (κ2) is 8.67. The number of hydrogen-bond donors (Lipinski definition) is 2. The zero-order valence-corrected chi connectivity index (χ0v) is 13.0. The first kappa shape index (κ1) is 15.8. The van der Waals surface area contributed by atoms with Crippen molar-refractivity contribution >= 4 is 11.6 Å². The van der Waals surface area contributed by atoms with E-state index in [0.29, 0.717) is 13.0 Å². The molecule has 4 heteroatoms. The fraction of sp³-hybridized carbons (Fsp3) is 0.588. The van der Waals surface area contributed by atoms with Crippen molar-refractivity contribution < 1.29 is 4.79 Å². The molecule has 1 amide bonds. The molecular formula is C17H27N3O. The summed E-state index contributed by atoms with van der Waals surface area (Å²) < 4.78 is 0. The van der Waals surface area contributed by atoms with Gasteiger partial charge in [0.1, 0.15) is 0 Å². The van der Waals surface area contributed by atoms with Crippen molar-refractivity contribution in [2.24, 2.45) is 0 Å². The van der Waals surface area contributed by atoms with E-state index in [1.54, 1.807) is 0 Å². The van der Waals surface area contributed by atoms with Crippen molar-refractivity contribution in [1.82, 2.24) is 10.6 Å². The minimum absolute atomic E-state index is 0.116. The van der Waals surface area contributed by atoms with Gasteiger partial charge in [0, 0.05) is 44.8 Å². The zero-order chi connectivity index (χ0) is 14.9. The van der Waals surface area contributed by atoms with Crippen molar-refractivity contribution in [3.63, 3.8) is 0 Å². The fourth-order valence-electron chi connectivity index (χ4n) is 2.70. The van der Waals surface area contributed by atoms with E-state index >= 15 is 0 Å². The standard InChI is InChI=1S/C17H27N3O/c1-2-19-17(21)10-11-18-14-15-6-8-16(9-7-15)20-12-4-3-5-13-20/h6-9,18H,2-5,10-14H2,1H3,(H,19,21). The number of nitrogens with one attached hydrogen (secondary N) is 2. The molecule has 0 spiro atoms. The summed E-state index contributed by atoms with van der Waals surface area (Å²) in [6.07, 6.45) is 4.52. The quantitative estimate of drug-likeness (QED) is 0.757. The molecule has 1 aliphatic rings. The summed E-state index contributed by atoms with van der Waals surface area (Å²) in [4.78, 5) is 13.8. The number of piperidine rings is 1. The lowest BCUT2D eigenvalue weighted by Gasteiger charge is -2.28. The number of anilines is 1. The van der Waals surface area contributed by atoms with Gasteiger partial charge in [-0.3, -0.25) is 4.79 Å². The molecule has 0 aliphatic carbocycles. The van der Waals surface area contributed by atoms with Gasteiger partial charge in [0.25, 0.3) is 0 Å². The van der Waals surface area contributed by atoms with Crippen LogP contribution in [0.4, 0.5) is 5.69 Å². The van der Waals surface area contributed by atoms with E-state index in [1.165, 1.54) is 43.6 Å². The second-order valence-corrected chi connectivity index (χ2v) is 5.59. The molecule has 4 nitrogen and oxygen atoms in total. The van der Waals surface area contributed by atoms with Gasteiger partial charge in [0.2, 0.25) is 5.91 Å². The highest BCUT2D eigenvalue weighted by Crippen LogP contribution is 2.20. The smallest absolute Gasteiger partial charge is 0.221 e. The molecule has 1 saturated heterocycles. The maximum Gasteiger partial charge on any atom is 0.221 e. The summed E-state index contributed by atoms with van der Waals surface area (Å²) in [7, 11) is 0. The van der Waals surface area contributed by atoms with E-state index in [0.717, 1.165) is 13.1 Å². The van der Waals surface area contributed by atoms with Crippen LogP contribution in [-0.2, 0) is 11.3 Å². The lowest BCUT2D eigenvalue weighted by atomic mass is 10.1. The van der Waals surface area contributed by atoms with Crippen molar-refractivity contribution in [1.29, 1.82) is 0 Å². The minimum atomic E-state index is 0.116. The molecule has 1 fully saturated rings. The van der Waals surface area contributed by atoms with E-state index < -0.39 is 0 Å². The topological polar surface area (TPSA) is 44.4 Å². The lowest BCUT2D eigenvalue weighted by Crippen LogP contribution is -2.29.